The molecule has 0 bridgehead atoms. The Bertz CT molecular complexity index is 762. The monoisotopic (exact) mass is 303 g/mol. The molecule has 2 aromatic carbocycles. The van der Waals surface area contributed by atoms with Gasteiger partial charge in [-0.15, -0.1) is 0 Å². The van der Waals surface area contributed by atoms with Crippen LogP contribution in [0.25, 0.3) is 6.08 Å². The number of carbonyl (C=O) groups is 1. The minimum absolute atomic E-state index is 0.0866. The Morgan fingerprint density at radius 2 is 1.61 bits per heavy atom. The van der Waals surface area contributed by atoms with Crippen LogP contribution in [-0.2, 0) is 11.3 Å². The van der Waals surface area contributed by atoms with E-state index in [4.69, 9.17) is 4.42 Å². The predicted molar refractivity (Wildman–Crippen MR) is 91.8 cm³/mol. The summed E-state index contributed by atoms with van der Waals surface area (Å²) in [5.41, 5.74) is 1.83. The molecule has 0 spiro atoms. The molecule has 0 atom stereocenters. The quantitative estimate of drug-likeness (QED) is 0.649. The van der Waals surface area contributed by atoms with E-state index in [1.165, 1.54) is 0 Å². The summed E-state index contributed by atoms with van der Waals surface area (Å²) in [4.78, 5) is 14.3. The molecule has 0 fully saturated rings. The van der Waals surface area contributed by atoms with Crippen LogP contribution in [0.4, 0.5) is 5.69 Å². The van der Waals surface area contributed by atoms with E-state index in [1.54, 1.807) is 17.2 Å². The highest BCUT2D eigenvalue weighted by Gasteiger charge is 2.14. The summed E-state index contributed by atoms with van der Waals surface area (Å²) in [5.74, 6) is 0.659. The summed E-state index contributed by atoms with van der Waals surface area (Å²) in [6.07, 6.45) is 5.02. The second-order valence-corrected chi connectivity index (χ2v) is 5.08. The molecule has 1 aromatic heterocycles. The van der Waals surface area contributed by atoms with Gasteiger partial charge in [-0.05, 0) is 35.9 Å². The van der Waals surface area contributed by atoms with Crippen molar-refractivity contribution >= 4 is 17.7 Å². The summed E-state index contributed by atoms with van der Waals surface area (Å²) < 4.78 is 5.38. The molecule has 3 heteroatoms. The van der Waals surface area contributed by atoms with Crippen LogP contribution < -0.4 is 4.90 Å². The van der Waals surface area contributed by atoms with Gasteiger partial charge in [0.25, 0.3) is 5.91 Å². The van der Waals surface area contributed by atoms with Gasteiger partial charge in [-0.3, -0.25) is 4.79 Å². The van der Waals surface area contributed by atoms with E-state index < -0.39 is 0 Å². The van der Waals surface area contributed by atoms with Gasteiger partial charge in [-0.25, -0.2) is 0 Å². The van der Waals surface area contributed by atoms with E-state index in [0.717, 1.165) is 17.0 Å². The molecule has 0 N–H and O–H groups in total. The van der Waals surface area contributed by atoms with Gasteiger partial charge in [0, 0.05) is 11.8 Å². The van der Waals surface area contributed by atoms with Crippen molar-refractivity contribution in [3.05, 3.63) is 96.5 Å². The highest BCUT2D eigenvalue weighted by molar-refractivity contribution is 6.03. The highest BCUT2D eigenvalue weighted by atomic mass is 16.3. The fourth-order valence-corrected chi connectivity index (χ4v) is 2.28. The van der Waals surface area contributed by atoms with Gasteiger partial charge in [-0.2, -0.15) is 0 Å². The Kier molecular flexibility index (Phi) is 4.69. The predicted octanol–water partition coefficient (Wildman–Crippen LogP) is 4.53. The zero-order valence-corrected chi connectivity index (χ0v) is 12.6. The van der Waals surface area contributed by atoms with Crippen LogP contribution in [0.3, 0.4) is 0 Å². The zero-order chi connectivity index (χ0) is 15.9. The molecular weight excluding hydrogens is 286 g/mol. The number of furan rings is 1. The van der Waals surface area contributed by atoms with Gasteiger partial charge in [-0.1, -0.05) is 48.5 Å². The van der Waals surface area contributed by atoms with Crippen molar-refractivity contribution in [1.82, 2.24) is 0 Å². The third kappa shape index (κ3) is 3.98. The molecule has 3 rings (SSSR count). The van der Waals surface area contributed by atoms with Crippen LogP contribution >= 0.6 is 0 Å². The van der Waals surface area contributed by atoms with Crippen molar-refractivity contribution in [2.45, 2.75) is 6.54 Å². The summed E-state index contributed by atoms with van der Waals surface area (Å²) in [6.45, 7) is 0.398. The zero-order valence-electron chi connectivity index (χ0n) is 12.6. The molecule has 1 heterocycles. The normalized spacial score (nSPS) is 10.8. The molecule has 0 radical (unpaired) electrons. The van der Waals surface area contributed by atoms with Crippen molar-refractivity contribution in [2.24, 2.45) is 0 Å². The van der Waals surface area contributed by atoms with Crippen LogP contribution in [0.15, 0.2) is 89.6 Å². The fourth-order valence-electron chi connectivity index (χ4n) is 2.28. The van der Waals surface area contributed by atoms with Gasteiger partial charge in [0.15, 0.2) is 0 Å². The molecule has 0 unspecified atom stereocenters. The van der Waals surface area contributed by atoms with Crippen LogP contribution in [0, 0.1) is 0 Å². The number of carbonyl (C=O) groups excluding carboxylic acids is 1. The average molecular weight is 303 g/mol. The summed E-state index contributed by atoms with van der Waals surface area (Å²) in [6, 6.07) is 23.0. The van der Waals surface area contributed by atoms with E-state index in [9.17, 15) is 4.79 Å². The fraction of sp³-hybridized carbons (Fsp3) is 0.0500. The number of para-hydroxylation sites is 1. The molecule has 114 valence electrons. The SMILES string of the molecule is O=C(/C=C/c1ccccc1)N(Cc1ccco1)c1ccccc1. The number of anilines is 1. The van der Waals surface area contributed by atoms with Crippen LogP contribution in [0.1, 0.15) is 11.3 Å². The Hall–Kier alpha value is -3.07. The van der Waals surface area contributed by atoms with Gasteiger partial charge < -0.3 is 9.32 Å². The summed E-state index contributed by atoms with van der Waals surface area (Å²) in [7, 11) is 0. The van der Waals surface area contributed by atoms with E-state index in [-0.39, 0.29) is 5.91 Å². The number of hydrogen-bond acceptors (Lipinski definition) is 2. The lowest BCUT2D eigenvalue weighted by Crippen LogP contribution is -2.28. The molecule has 0 aliphatic carbocycles. The lowest BCUT2D eigenvalue weighted by Gasteiger charge is -2.20. The first-order chi connectivity index (χ1) is 11.3. The van der Waals surface area contributed by atoms with Crippen LogP contribution in [-0.4, -0.2) is 5.91 Å². The molecule has 0 aliphatic rings. The van der Waals surface area contributed by atoms with Gasteiger partial charge >= 0.3 is 0 Å². The number of hydrogen-bond donors (Lipinski definition) is 0. The maximum Gasteiger partial charge on any atom is 0.251 e. The van der Waals surface area contributed by atoms with E-state index >= 15 is 0 Å². The number of nitrogens with zero attached hydrogens (tertiary/aromatic N) is 1. The van der Waals surface area contributed by atoms with Gasteiger partial charge in [0.05, 0.1) is 12.8 Å². The maximum atomic E-state index is 12.6. The van der Waals surface area contributed by atoms with Crippen LogP contribution in [0.5, 0.6) is 0 Å². The second-order valence-electron chi connectivity index (χ2n) is 5.08. The average Bonchev–Trinajstić information content (AvgIpc) is 3.12. The van der Waals surface area contributed by atoms with Crippen LogP contribution in [0.2, 0.25) is 0 Å². The minimum Gasteiger partial charge on any atom is -0.467 e. The van der Waals surface area contributed by atoms with Crippen molar-refractivity contribution in [3.8, 4) is 0 Å². The number of benzene rings is 2. The maximum absolute atomic E-state index is 12.6. The lowest BCUT2D eigenvalue weighted by atomic mass is 10.2. The second kappa shape index (κ2) is 7.27. The Balaban J connectivity index is 1.82. The molecular formula is C20H17NO2. The molecule has 0 aliphatic heterocycles. The van der Waals surface area contributed by atoms with E-state index in [0.29, 0.717) is 6.54 Å². The lowest BCUT2D eigenvalue weighted by molar-refractivity contribution is -0.114. The van der Waals surface area contributed by atoms with Crippen molar-refractivity contribution in [2.75, 3.05) is 4.90 Å². The minimum atomic E-state index is -0.0866. The molecule has 1 amide bonds. The number of rotatable bonds is 5. The van der Waals surface area contributed by atoms with Crippen molar-refractivity contribution in [1.29, 1.82) is 0 Å². The molecule has 0 saturated carbocycles. The first-order valence-corrected chi connectivity index (χ1v) is 7.45. The topological polar surface area (TPSA) is 33.5 Å². The third-order valence-electron chi connectivity index (χ3n) is 3.45. The molecule has 0 saturated heterocycles. The first-order valence-electron chi connectivity index (χ1n) is 7.45. The first kappa shape index (κ1) is 14.9. The standard InChI is InChI=1S/C20H17NO2/c22-20(14-13-17-8-3-1-4-9-17)21(16-19-12-7-15-23-19)18-10-5-2-6-11-18/h1-15H,16H2/b14-13+. The van der Waals surface area contributed by atoms with E-state index in [2.05, 4.69) is 0 Å². The van der Waals surface area contributed by atoms with Gasteiger partial charge in [0.2, 0.25) is 0 Å². The van der Waals surface area contributed by atoms with Crippen molar-refractivity contribution in [3.63, 3.8) is 0 Å². The largest absolute Gasteiger partial charge is 0.467 e. The Labute approximate surface area is 135 Å². The van der Waals surface area contributed by atoms with E-state index in [1.807, 2.05) is 78.9 Å². The number of amides is 1. The Morgan fingerprint density at radius 1 is 0.913 bits per heavy atom. The summed E-state index contributed by atoms with van der Waals surface area (Å²) >= 11 is 0. The van der Waals surface area contributed by atoms with Gasteiger partial charge in [0.1, 0.15) is 5.76 Å². The molecule has 23 heavy (non-hydrogen) atoms. The summed E-state index contributed by atoms with van der Waals surface area (Å²) in [5, 5.41) is 0. The molecule has 3 nitrogen and oxygen atoms in total. The smallest absolute Gasteiger partial charge is 0.251 e. The molecule has 3 aromatic rings. The third-order valence-corrected chi connectivity index (χ3v) is 3.45. The Morgan fingerprint density at radius 3 is 2.26 bits per heavy atom. The van der Waals surface area contributed by atoms with Crippen molar-refractivity contribution < 1.29 is 9.21 Å². The highest BCUT2D eigenvalue weighted by Crippen LogP contribution is 2.18.